The standard InChI is InChI=1S/C14H13F2N5O2S3/c15-8-1-6-12(11(16)7-8)19-14(25)21-20-13(24)18-9-2-4-10(5-3-9)26(17,22)23/h1-7H,(H2,17,22,23)(H2,18,20,24)(H2,19,21,25). The van der Waals surface area contributed by atoms with Gasteiger partial charge >= 0.3 is 0 Å². The third-order valence-electron chi connectivity index (χ3n) is 2.91. The molecule has 0 heterocycles. The maximum Gasteiger partial charge on any atom is 0.238 e. The molecular formula is C14H13F2N5O2S3. The number of halogens is 2. The number of thiocarbonyl (C=S) groups is 2. The highest BCUT2D eigenvalue weighted by atomic mass is 32.2. The van der Waals surface area contributed by atoms with Crippen LogP contribution in [-0.4, -0.2) is 18.6 Å². The summed E-state index contributed by atoms with van der Waals surface area (Å²) in [5, 5.41) is 10.4. The van der Waals surface area contributed by atoms with Gasteiger partial charge in [0.15, 0.2) is 10.2 Å². The fourth-order valence-corrected chi connectivity index (χ4v) is 2.59. The molecule has 0 aromatic heterocycles. The Morgan fingerprint density at radius 2 is 1.50 bits per heavy atom. The van der Waals surface area contributed by atoms with Crippen LogP contribution in [0.25, 0.3) is 0 Å². The lowest BCUT2D eigenvalue weighted by atomic mass is 10.3. The second-order valence-corrected chi connectivity index (χ2v) is 7.23. The van der Waals surface area contributed by atoms with Gasteiger partial charge in [0.1, 0.15) is 11.6 Å². The molecule has 138 valence electrons. The van der Waals surface area contributed by atoms with Crippen molar-refractivity contribution in [3.63, 3.8) is 0 Å². The van der Waals surface area contributed by atoms with E-state index in [1.54, 1.807) is 0 Å². The zero-order valence-electron chi connectivity index (χ0n) is 12.9. The molecule has 0 saturated carbocycles. The normalized spacial score (nSPS) is 10.7. The SMILES string of the molecule is NS(=O)(=O)c1ccc(NC(=S)NNC(=S)Nc2ccc(F)cc2F)cc1. The van der Waals surface area contributed by atoms with Crippen LogP contribution >= 0.6 is 24.4 Å². The minimum absolute atomic E-state index is 0.00997. The Morgan fingerprint density at radius 3 is 2.04 bits per heavy atom. The second-order valence-electron chi connectivity index (χ2n) is 4.85. The van der Waals surface area contributed by atoms with Crippen molar-refractivity contribution in [3.8, 4) is 0 Å². The quantitative estimate of drug-likeness (QED) is 0.380. The van der Waals surface area contributed by atoms with Crippen LogP contribution in [0.15, 0.2) is 47.4 Å². The van der Waals surface area contributed by atoms with Gasteiger partial charge in [0, 0.05) is 11.8 Å². The molecular weight excluding hydrogens is 404 g/mol. The van der Waals surface area contributed by atoms with E-state index in [4.69, 9.17) is 29.6 Å². The van der Waals surface area contributed by atoms with Crippen LogP contribution in [0.4, 0.5) is 20.2 Å². The number of anilines is 2. The summed E-state index contributed by atoms with van der Waals surface area (Å²) in [7, 11) is -3.77. The molecule has 6 N–H and O–H groups in total. The number of benzene rings is 2. The van der Waals surface area contributed by atoms with Gasteiger partial charge in [-0.05, 0) is 60.8 Å². The minimum atomic E-state index is -3.77. The van der Waals surface area contributed by atoms with Crippen LogP contribution in [0.1, 0.15) is 0 Å². The zero-order valence-corrected chi connectivity index (χ0v) is 15.4. The van der Waals surface area contributed by atoms with Gasteiger partial charge in [-0.15, -0.1) is 0 Å². The van der Waals surface area contributed by atoms with E-state index in [0.717, 1.165) is 12.1 Å². The van der Waals surface area contributed by atoms with E-state index in [1.165, 1.54) is 30.3 Å². The first kappa shape index (κ1) is 19.9. The molecule has 0 aliphatic heterocycles. The number of nitrogens with two attached hydrogens (primary N) is 1. The summed E-state index contributed by atoms with van der Waals surface area (Å²) in [6.07, 6.45) is 0. The largest absolute Gasteiger partial charge is 0.331 e. The molecule has 0 radical (unpaired) electrons. The molecule has 0 saturated heterocycles. The van der Waals surface area contributed by atoms with Crippen LogP contribution in [0.2, 0.25) is 0 Å². The van der Waals surface area contributed by atoms with Gasteiger partial charge in [0.25, 0.3) is 0 Å². The highest BCUT2D eigenvalue weighted by molar-refractivity contribution is 7.89. The molecule has 0 aliphatic carbocycles. The monoisotopic (exact) mass is 417 g/mol. The van der Waals surface area contributed by atoms with Crippen LogP contribution in [0.5, 0.6) is 0 Å². The third-order valence-corrected chi connectivity index (χ3v) is 4.25. The Kier molecular flexibility index (Phi) is 6.37. The molecule has 0 amide bonds. The smallest absolute Gasteiger partial charge is 0.238 e. The van der Waals surface area contributed by atoms with Crippen molar-refractivity contribution < 1.29 is 17.2 Å². The van der Waals surface area contributed by atoms with Crippen molar-refractivity contribution in [3.05, 3.63) is 54.1 Å². The fourth-order valence-electron chi connectivity index (χ4n) is 1.75. The van der Waals surface area contributed by atoms with Gasteiger partial charge in [0.2, 0.25) is 10.0 Å². The second kappa shape index (κ2) is 8.31. The molecule has 26 heavy (non-hydrogen) atoms. The summed E-state index contributed by atoms with van der Waals surface area (Å²) in [6.45, 7) is 0. The molecule has 0 spiro atoms. The van der Waals surface area contributed by atoms with Crippen molar-refractivity contribution in [1.82, 2.24) is 10.9 Å². The first-order chi connectivity index (χ1) is 12.1. The third kappa shape index (κ3) is 5.84. The highest BCUT2D eigenvalue weighted by Gasteiger charge is 2.08. The highest BCUT2D eigenvalue weighted by Crippen LogP contribution is 2.14. The number of hydrazine groups is 1. The Hall–Kier alpha value is -2.41. The maximum absolute atomic E-state index is 13.5. The van der Waals surface area contributed by atoms with Gasteiger partial charge in [-0.3, -0.25) is 10.9 Å². The van der Waals surface area contributed by atoms with Crippen LogP contribution in [0.3, 0.4) is 0 Å². The zero-order chi connectivity index (χ0) is 19.3. The summed E-state index contributed by atoms with van der Waals surface area (Å²) < 4.78 is 48.7. The number of rotatable bonds is 3. The molecule has 0 aliphatic rings. The molecule has 0 atom stereocenters. The molecule has 12 heteroatoms. The average molecular weight is 417 g/mol. The van der Waals surface area contributed by atoms with Crippen LogP contribution in [-0.2, 0) is 10.0 Å². The van der Waals surface area contributed by atoms with Gasteiger partial charge < -0.3 is 10.6 Å². The maximum atomic E-state index is 13.5. The summed E-state index contributed by atoms with van der Waals surface area (Å²) in [5.74, 6) is -1.51. The minimum Gasteiger partial charge on any atom is -0.331 e. The van der Waals surface area contributed by atoms with E-state index >= 15 is 0 Å². The number of nitrogens with one attached hydrogen (secondary N) is 4. The summed E-state index contributed by atoms with van der Waals surface area (Å²) in [5.41, 5.74) is 5.56. The Labute approximate surface area is 159 Å². The van der Waals surface area contributed by atoms with E-state index in [0.29, 0.717) is 5.69 Å². The van der Waals surface area contributed by atoms with Crippen LogP contribution in [0, 0.1) is 11.6 Å². The fraction of sp³-hybridized carbons (Fsp3) is 0. The molecule has 7 nitrogen and oxygen atoms in total. The summed E-state index contributed by atoms with van der Waals surface area (Å²) in [6, 6.07) is 8.57. The molecule has 0 unspecified atom stereocenters. The summed E-state index contributed by atoms with van der Waals surface area (Å²) in [4.78, 5) is -0.0354. The lowest BCUT2D eigenvalue weighted by Crippen LogP contribution is -2.45. The number of hydrogen-bond acceptors (Lipinski definition) is 4. The van der Waals surface area contributed by atoms with E-state index in [1.807, 2.05) is 0 Å². The summed E-state index contributed by atoms with van der Waals surface area (Å²) >= 11 is 9.99. The Morgan fingerprint density at radius 1 is 0.923 bits per heavy atom. The molecule has 0 fully saturated rings. The van der Waals surface area contributed by atoms with Crippen molar-refractivity contribution in [2.75, 3.05) is 10.6 Å². The number of sulfonamides is 1. The van der Waals surface area contributed by atoms with E-state index in [2.05, 4.69) is 21.5 Å². The molecule has 2 aromatic rings. The van der Waals surface area contributed by atoms with E-state index < -0.39 is 21.7 Å². The van der Waals surface area contributed by atoms with Gasteiger partial charge in [0.05, 0.1) is 10.6 Å². The van der Waals surface area contributed by atoms with Crippen LogP contribution < -0.4 is 26.6 Å². The van der Waals surface area contributed by atoms with Gasteiger partial charge in [-0.25, -0.2) is 22.3 Å². The van der Waals surface area contributed by atoms with Crippen molar-refractivity contribution >= 4 is 56.1 Å². The first-order valence-corrected chi connectivity index (χ1v) is 9.23. The average Bonchev–Trinajstić information content (AvgIpc) is 2.55. The Balaban J connectivity index is 1.85. The lowest BCUT2D eigenvalue weighted by molar-refractivity contribution is 0.586. The number of primary sulfonamides is 1. The van der Waals surface area contributed by atoms with E-state index in [-0.39, 0.29) is 20.8 Å². The predicted molar refractivity (Wildman–Crippen MR) is 103 cm³/mol. The van der Waals surface area contributed by atoms with Gasteiger partial charge in [-0.2, -0.15) is 0 Å². The van der Waals surface area contributed by atoms with Crippen molar-refractivity contribution in [2.24, 2.45) is 5.14 Å². The van der Waals surface area contributed by atoms with Crippen molar-refractivity contribution in [1.29, 1.82) is 0 Å². The van der Waals surface area contributed by atoms with E-state index in [9.17, 15) is 17.2 Å². The van der Waals surface area contributed by atoms with Crippen molar-refractivity contribution in [2.45, 2.75) is 4.90 Å². The predicted octanol–water partition coefficient (Wildman–Crippen LogP) is 1.80. The molecule has 2 rings (SSSR count). The first-order valence-electron chi connectivity index (χ1n) is 6.87. The number of hydrogen-bond donors (Lipinski definition) is 5. The van der Waals surface area contributed by atoms with Gasteiger partial charge in [-0.1, -0.05) is 0 Å². The topological polar surface area (TPSA) is 108 Å². The molecule has 2 aromatic carbocycles. The Bertz CT molecular complexity index is 936. The lowest BCUT2D eigenvalue weighted by Gasteiger charge is -2.14. The molecule has 0 bridgehead atoms.